The van der Waals surface area contributed by atoms with Gasteiger partial charge in [0.1, 0.15) is 5.69 Å². The van der Waals surface area contributed by atoms with Crippen molar-refractivity contribution < 1.29 is 4.79 Å². The smallest absolute Gasteiger partial charge is 0.182 e. The molecule has 0 amide bonds. The maximum Gasteiger partial charge on any atom is 0.182 e. The molecule has 0 aliphatic carbocycles. The summed E-state index contributed by atoms with van der Waals surface area (Å²) in [4.78, 5) is 15.7. The van der Waals surface area contributed by atoms with E-state index in [9.17, 15) is 4.79 Å². The summed E-state index contributed by atoms with van der Waals surface area (Å²) in [7, 11) is 1.87. The Kier molecular flexibility index (Phi) is 3.09. The van der Waals surface area contributed by atoms with E-state index in [1.165, 1.54) is 0 Å². The average Bonchev–Trinajstić information content (AvgIpc) is 2.46. The van der Waals surface area contributed by atoms with Gasteiger partial charge in [0, 0.05) is 19.7 Å². The zero-order valence-electron chi connectivity index (χ0n) is 9.37. The van der Waals surface area contributed by atoms with Crippen LogP contribution in [0.2, 0.25) is 0 Å². The highest BCUT2D eigenvalue weighted by Crippen LogP contribution is 2.21. The van der Waals surface area contributed by atoms with Crippen molar-refractivity contribution in [1.82, 2.24) is 9.55 Å². The van der Waals surface area contributed by atoms with Crippen molar-refractivity contribution in [2.45, 2.75) is 33.6 Å². The lowest BCUT2D eigenvalue weighted by Gasteiger charge is -2.16. The van der Waals surface area contributed by atoms with Crippen LogP contribution in [-0.4, -0.2) is 15.3 Å². The molecule has 3 nitrogen and oxygen atoms in total. The Labute approximate surface area is 85.2 Å². The van der Waals surface area contributed by atoms with E-state index in [0.29, 0.717) is 12.1 Å². The highest BCUT2D eigenvalue weighted by molar-refractivity contribution is 5.93. The van der Waals surface area contributed by atoms with E-state index in [4.69, 9.17) is 0 Å². The quantitative estimate of drug-likeness (QED) is 0.693. The second-order valence-corrected chi connectivity index (χ2v) is 4.91. The van der Waals surface area contributed by atoms with E-state index in [-0.39, 0.29) is 11.2 Å². The van der Waals surface area contributed by atoms with E-state index in [1.807, 2.05) is 7.05 Å². The predicted octanol–water partition coefficient (Wildman–Crippen LogP) is 2.43. The second-order valence-electron chi connectivity index (χ2n) is 4.91. The molecule has 0 bridgehead atoms. The Hall–Kier alpha value is -1.12. The number of hydrogen-bond acceptors (Lipinski definition) is 2. The zero-order chi connectivity index (χ0) is 10.8. The molecule has 78 valence electrons. The Balaban J connectivity index is 2.52. The SMILES string of the molecule is Cn1cnc(C(=O)CCC(C)(C)C)c1. The van der Waals surface area contributed by atoms with Crippen molar-refractivity contribution in [2.75, 3.05) is 0 Å². The Morgan fingerprint density at radius 3 is 2.57 bits per heavy atom. The summed E-state index contributed by atoms with van der Waals surface area (Å²) in [6.45, 7) is 6.41. The summed E-state index contributed by atoms with van der Waals surface area (Å²) in [6, 6.07) is 0. The minimum atomic E-state index is 0.139. The van der Waals surface area contributed by atoms with Crippen LogP contribution in [0, 0.1) is 5.41 Å². The topological polar surface area (TPSA) is 34.9 Å². The molecule has 14 heavy (non-hydrogen) atoms. The van der Waals surface area contributed by atoms with Crippen LogP contribution in [-0.2, 0) is 7.05 Å². The lowest BCUT2D eigenvalue weighted by molar-refractivity contribution is 0.0961. The molecule has 0 saturated heterocycles. The van der Waals surface area contributed by atoms with Gasteiger partial charge in [-0.15, -0.1) is 0 Å². The normalized spacial score (nSPS) is 11.7. The first-order chi connectivity index (χ1) is 6.38. The first-order valence-electron chi connectivity index (χ1n) is 4.90. The number of imidazole rings is 1. The minimum absolute atomic E-state index is 0.139. The van der Waals surface area contributed by atoms with E-state index >= 15 is 0 Å². The Bertz CT molecular complexity index is 320. The predicted molar refractivity (Wildman–Crippen MR) is 56.2 cm³/mol. The van der Waals surface area contributed by atoms with Crippen LogP contribution in [0.5, 0.6) is 0 Å². The third-order valence-electron chi connectivity index (χ3n) is 2.09. The second kappa shape index (κ2) is 3.95. The number of aryl methyl sites for hydroxylation is 1. The lowest BCUT2D eigenvalue weighted by atomic mass is 9.89. The monoisotopic (exact) mass is 194 g/mol. The standard InChI is InChI=1S/C11H18N2O/c1-11(2,3)6-5-10(14)9-7-13(4)8-12-9/h7-8H,5-6H2,1-4H3. The number of carbonyl (C=O) groups excluding carboxylic acids is 1. The molecule has 0 aliphatic heterocycles. The van der Waals surface area contributed by atoms with Crippen LogP contribution in [0.15, 0.2) is 12.5 Å². The summed E-state index contributed by atoms with van der Waals surface area (Å²) < 4.78 is 1.80. The van der Waals surface area contributed by atoms with Crippen molar-refractivity contribution in [3.05, 3.63) is 18.2 Å². The Morgan fingerprint density at radius 1 is 1.50 bits per heavy atom. The van der Waals surface area contributed by atoms with Gasteiger partial charge in [-0.2, -0.15) is 0 Å². The Morgan fingerprint density at radius 2 is 2.14 bits per heavy atom. The van der Waals surface area contributed by atoms with Gasteiger partial charge in [0.15, 0.2) is 5.78 Å². The van der Waals surface area contributed by atoms with Gasteiger partial charge in [-0.1, -0.05) is 20.8 Å². The lowest BCUT2D eigenvalue weighted by Crippen LogP contribution is -2.09. The fourth-order valence-electron chi connectivity index (χ4n) is 1.17. The molecule has 1 heterocycles. The largest absolute Gasteiger partial charge is 0.340 e. The molecule has 0 N–H and O–H groups in total. The van der Waals surface area contributed by atoms with Crippen LogP contribution in [0.1, 0.15) is 44.1 Å². The summed E-state index contributed by atoms with van der Waals surface area (Å²) in [6.07, 6.45) is 4.91. The van der Waals surface area contributed by atoms with Crippen LogP contribution in [0.25, 0.3) is 0 Å². The molecular formula is C11H18N2O. The fourth-order valence-corrected chi connectivity index (χ4v) is 1.17. The van der Waals surface area contributed by atoms with Crippen LogP contribution in [0.4, 0.5) is 0 Å². The molecule has 1 aromatic heterocycles. The molecule has 0 aromatic carbocycles. The maximum atomic E-state index is 11.6. The van der Waals surface area contributed by atoms with Crippen molar-refractivity contribution in [3.8, 4) is 0 Å². The summed E-state index contributed by atoms with van der Waals surface area (Å²) >= 11 is 0. The summed E-state index contributed by atoms with van der Waals surface area (Å²) in [5.41, 5.74) is 0.793. The van der Waals surface area contributed by atoms with E-state index in [0.717, 1.165) is 6.42 Å². The van der Waals surface area contributed by atoms with E-state index < -0.39 is 0 Å². The van der Waals surface area contributed by atoms with Gasteiger partial charge in [0.25, 0.3) is 0 Å². The van der Waals surface area contributed by atoms with Gasteiger partial charge < -0.3 is 4.57 Å². The minimum Gasteiger partial charge on any atom is -0.340 e. The molecule has 0 aliphatic rings. The third-order valence-corrected chi connectivity index (χ3v) is 2.09. The highest BCUT2D eigenvalue weighted by atomic mass is 16.1. The number of nitrogens with zero attached hydrogens (tertiary/aromatic N) is 2. The molecule has 0 unspecified atom stereocenters. The molecule has 0 atom stereocenters. The number of rotatable bonds is 3. The van der Waals surface area contributed by atoms with E-state index in [2.05, 4.69) is 25.8 Å². The van der Waals surface area contributed by atoms with Gasteiger partial charge in [-0.25, -0.2) is 4.98 Å². The molecular weight excluding hydrogens is 176 g/mol. The van der Waals surface area contributed by atoms with Gasteiger partial charge >= 0.3 is 0 Å². The van der Waals surface area contributed by atoms with Crippen molar-refractivity contribution in [2.24, 2.45) is 12.5 Å². The number of aromatic nitrogens is 2. The zero-order valence-corrected chi connectivity index (χ0v) is 9.37. The van der Waals surface area contributed by atoms with Crippen molar-refractivity contribution >= 4 is 5.78 Å². The maximum absolute atomic E-state index is 11.6. The van der Waals surface area contributed by atoms with Gasteiger partial charge in [-0.05, 0) is 11.8 Å². The molecule has 3 heteroatoms. The molecule has 0 spiro atoms. The fraction of sp³-hybridized carbons (Fsp3) is 0.636. The number of carbonyl (C=O) groups is 1. The highest BCUT2D eigenvalue weighted by Gasteiger charge is 2.15. The van der Waals surface area contributed by atoms with E-state index in [1.54, 1.807) is 17.1 Å². The molecule has 1 rings (SSSR count). The number of hydrogen-bond donors (Lipinski definition) is 0. The third kappa shape index (κ3) is 3.32. The average molecular weight is 194 g/mol. The van der Waals surface area contributed by atoms with Gasteiger partial charge in [0.05, 0.1) is 6.33 Å². The van der Waals surface area contributed by atoms with Crippen molar-refractivity contribution in [3.63, 3.8) is 0 Å². The van der Waals surface area contributed by atoms with Gasteiger partial charge in [0.2, 0.25) is 0 Å². The van der Waals surface area contributed by atoms with Crippen LogP contribution < -0.4 is 0 Å². The molecule has 0 saturated carbocycles. The molecule has 1 aromatic rings. The number of ketones is 1. The van der Waals surface area contributed by atoms with Crippen molar-refractivity contribution in [1.29, 1.82) is 0 Å². The van der Waals surface area contributed by atoms with Crippen LogP contribution >= 0.6 is 0 Å². The van der Waals surface area contributed by atoms with Crippen LogP contribution in [0.3, 0.4) is 0 Å². The molecule has 0 fully saturated rings. The first kappa shape index (κ1) is 11.0. The first-order valence-corrected chi connectivity index (χ1v) is 4.90. The number of Topliss-reactive ketones (excluding diaryl/α,β-unsaturated/α-hetero) is 1. The summed E-state index contributed by atoms with van der Waals surface area (Å²) in [5.74, 6) is 0.139. The molecule has 0 radical (unpaired) electrons. The van der Waals surface area contributed by atoms with Gasteiger partial charge in [-0.3, -0.25) is 4.79 Å². The summed E-state index contributed by atoms with van der Waals surface area (Å²) in [5, 5.41) is 0.